The fourth-order valence-corrected chi connectivity index (χ4v) is 2.94. The van der Waals surface area contributed by atoms with Crippen molar-refractivity contribution < 1.29 is 23.1 Å². The van der Waals surface area contributed by atoms with Crippen molar-refractivity contribution in [2.24, 2.45) is 0 Å². The highest BCUT2D eigenvalue weighted by Gasteiger charge is 2.40. The first kappa shape index (κ1) is 19.1. The van der Waals surface area contributed by atoms with Crippen LogP contribution >= 0.6 is 11.6 Å². The molecule has 0 saturated heterocycles. The van der Waals surface area contributed by atoms with Crippen LogP contribution in [0.2, 0.25) is 5.02 Å². The zero-order valence-corrected chi connectivity index (χ0v) is 15.4. The lowest BCUT2D eigenvalue weighted by Crippen LogP contribution is -2.53. The molecule has 1 N–H and O–H groups in total. The Hall–Kier alpha value is -2.67. The third-order valence-corrected chi connectivity index (χ3v) is 4.34. The molecule has 0 fully saturated rings. The Bertz CT molecular complexity index is 918. The van der Waals surface area contributed by atoms with Gasteiger partial charge in [-0.1, -0.05) is 11.6 Å². The average molecular weight is 395 g/mol. The van der Waals surface area contributed by atoms with Gasteiger partial charge in [0.25, 0.3) is 5.91 Å². The predicted molar refractivity (Wildman–Crippen MR) is 98.1 cm³/mol. The largest absolute Gasteiger partial charge is 0.476 e. The number of benzene rings is 2. The summed E-state index contributed by atoms with van der Waals surface area (Å²) in [5.74, 6) is -2.31. The Labute approximate surface area is 159 Å². The summed E-state index contributed by atoms with van der Waals surface area (Å²) in [5.41, 5.74) is -0.472. The van der Waals surface area contributed by atoms with Gasteiger partial charge < -0.3 is 15.0 Å². The van der Waals surface area contributed by atoms with E-state index in [4.69, 9.17) is 16.3 Å². The molecule has 0 saturated carbocycles. The van der Waals surface area contributed by atoms with Crippen LogP contribution in [-0.4, -0.2) is 24.0 Å². The molecule has 2 aromatic carbocycles. The second kappa shape index (κ2) is 7.15. The van der Waals surface area contributed by atoms with Crippen molar-refractivity contribution in [2.45, 2.75) is 25.9 Å². The van der Waals surface area contributed by atoms with Crippen LogP contribution in [0.1, 0.15) is 20.3 Å². The molecule has 2 aromatic rings. The lowest BCUT2D eigenvalue weighted by Gasteiger charge is -2.38. The van der Waals surface area contributed by atoms with Gasteiger partial charge in [-0.2, -0.15) is 0 Å². The molecule has 3 rings (SSSR count). The zero-order valence-electron chi connectivity index (χ0n) is 14.7. The number of carbonyl (C=O) groups is 2. The third-order valence-electron chi connectivity index (χ3n) is 4.10. The molecule has 27 heavy (non-hydrogen) atoms. The monoisotopic (exact) mass is 394 g/mol. The van der Waals surface area contributed by atoms with Crippen LogP contribution in [0.25, 0.3) is 0 Å². The Morgan fingerprint density at radius 3 is 2.63 bits per heavy atom. The van der Waals surface area contributed by atoms with Crippen molar-refractivity contribution in [3.05, 3.63) is 53.1 Å². The molecule has 0 bridgehead atoms. The number of halogens is 3. The van der Waals surface area contributed by atoms with Crippen LogP contribution in [0.4, 0.5) is 20.2 Å². The van der Waals surface area contributed by atoms with Gasteiger partial charge in [0.1, 0.15) is 5.75 Å². The van der Waals surface area contributed by atoms with Crippen LogP contribution in [0.5, 0.6) is 5.75 Å². The summed E-state index contributed by atoms with van der Waals surface area (Å²) in [4.78, 5) is 26.3. The molecule has 142 valence electrons. The van der Waals surface area contributed by atoms with E-state index in [0.717, 1.165) is 12.1 Å². The van der Waals surface area contributed by atoms with E-state index in [2.05, 4.69) is 5.32 Å². The molecule has 0 unspecified atom stereocenters. The van der Waals surface area contributed by atoms with Gasteiger partial charge in [0.05, 0.1) is 5.69 Å². The molecule has 1 heterocycles. The number of ether oxygens (including phenoxy) is 1. The summed E-state index contributed by atoms with van der Waals surface area (Å²) in [6.07, 6.45) is -0.0488. The smallest absolute Gasteiger partial charge is 0.270 e. The molecule has 8 heteroatoms. The Balaban J connectivity index is 1.74. The summed E-state index contributed by atoms with van der Waals surface area (Å²) in [5, 5.41) is 2.91. The van der Waals surface area contributed by atoms with Crippen LogP contribution in [0, 0.1) is 11.6 Å². The van der Waals surface area contributed by atoms with Gasteiger partial charge in [0, 0.05) is 29.7 Å². The van der Waals surface area contributed by atoms with Crippen molar-refractivity contribution >= 4 is 34.8 Å². The minimum atomic E-state index is -1.09. The summed E-state index contributed by atoms with van der Waals surface area (Å²) in [6.45, 7) is 3.36. The van der Waals surface area contributed by atoms with Gasteiger partial charge in [-0.15, -0.1) is 0 Å². The van der Waals surface area contributed by atoms with E-state index in [0.29, 0.717) is 16.5 Å². The number of nitrogens with zero attached hydrogens (tertiary/aromatic N) is 1. The van der Waals surface area contributed by atoms with E-state index in [1.807, 2.05) is 0 Å². The molecular weight excluding hydrogens is 378 g/mol. The lowest BCUT2D eigenvalue weighted by molar-refractivity contribution is -0.132. The van der Waals surface area contributed by atoms with E-state index in [9.17, 15) is 18.4 Å². The number of hydrogen-bond donors (Lipinski definition) is 1. The number of carbonyl (C=O) groups excluding carboxylic acids is 2. The van der Waals surface area contributed by atoms with E-state index in [1.165, 1.54) is 11.0 Å². The molecule has 1 aliphatic rings. The highest BCUT2D eigenvalue weighted by molar-refractivity contribution is 6.31. The van der Waals surface area contributed by atoms with Gasteiger partial charge in [-0.05, 0) is 44.2 Å². The topological polar surface area (TPSA) is 58.6 Å². The predicted octanol–water partition coefficient (Wildman–Crippen LogP) is 4.15. The Morgan fingerprint density at radius 1 is 1.19 bits per heavy atom. The van der Waals surface area contributed by atoms with Gasteiger partial charge in [-0.3, -0.25) is 9.59 Å². The maximum Gasteiger partial charge on any atom is 0.270 e. The lowest BCUT2D eigenvalue weighted by atomic mass is 10.0. The summed E-state index contributed by atoms with van der Waals surface area (Å²) in [7, 11) is 0. The summed E-state index contributed by atoms with van der Waals surface area (Å²) >= 11 is 6.02. The molecule has 0 spiro atoms. The van der Waals surface area contributed by atoms with Crippen LogP contribution in [0.3, 0.4) is 0 Å². The molecule has 0 atom stereocenters. The minimum absolute atomic E-state index is 0.0488. The number of nitrogens with one attached hydrogen (secondary N) is 1. The average Bonchev–Trinajstić information content (AvgIpc) is 2.59. The molecule has 0 radical (unpaired) electrons. The van der Waals surface area contributed by atoms with Crippen molar-refractivity contribution in [3.63, 3.8) is 0 Å². The first-order valence-electron chi connectivity index (χ1n) is 8.23. The summed E-state index contributed by atoms with van der Waals surface area (Å²) in [6, 6.07) is 7.99. The first-order chi connectivity index (χ1) is 12.7. The number of amides is 2. The van der Waals surface area contributed by atoms with E-state index in [-0.39, 0.29) is 24.6 Å². The van der Waals surface area contributed by atoms with Crippen LogP contribution < -0.4 is 15.0 Å². The normalized spacial score (nSPS) is 15.1. The van der Waals surface area contributed by atoms with Crippen molar-refractivity contribution in [1.82, 2.24) is 0 Å². The van der Waals surface area contributed by atoms with E-state index >= 15 is 0 Å². The van der Waals surface area contributed by atoms with Crippen molar-refractivity contribution in [3.8, 4) is 5.75 Å². The molecule has 0 aromatic heterocycles. The van der Waals surface area contributed by atoms with Crippen molar-refractivity contribution in [1.29, 1.82) is 0 Å². The van der Waals surface area contributed by atoms with Gasteiger partial charge in [0.15, 0.2) is 17.2 Å². The second-order valence-corrected chi connectivity index (χ2v) is 7.04. The molecule has 0 aliphatic carbocycles. The number of anilines is 2. The number of hydrogen-bond acceptors (Lipinski definition) is 3. The fourth-order valence-electron chi connectivity index (χ4n) is 2.77. The minimum Gasteiger partial charge on any atom is -0.476 e. The Kier molecular flexibility index (Phi) is 5.06. The SMILES string of the molecule is CC1(C)Oc2ccc(Cl)cc2N(CCC(=O)Nc2ccc(F)c(F)c2)C1=O. The molecule has 5 nitrogen and oxygen atoms in total. The molecule has 1 aliphatic heterocycles. The van der Waals surface area contributed by atoms with Gasteiger partial charge in [-0.25, -0.2) is 8.78 Å². The standard InChI is InChI=1S/C19H17ClF2N2O3/c1-19(2)18(26)24(15-9-11(20)3-6-16(15)27-19)8-7-17(25)23-12-4-5-13(21)14(22)10-12/h3-6,9-10H,7-8H2,1-2H3,(H,23,25). The summed E-state index contributed by atoms with van der Waals surface area (Å²) < 4.78 is 31.9. The molecule has 2 amide bonds. The maximum atomic E-state index is 13.2. The first-order valence-corrected chi connectivity index (χ1v) is 8.60. The highest BCUT2D eigenvalue weighted by atomic mass is 35.5. The number of fused-ring (bicyclic) bond motifs is 1. The Morgan fingerprint density at radius 2 is 1.93 bits per heavy atom. The van der Waals surface area contributed by atoms with E-state index < -0.39 is 23.1 Å². The van der Waals surface area contributed by atoms with Gasteiger partial charge >= 0.3 is 0 Å². The molecular formula is C19H17ClF2N2O3. The number of rotatable bonds is 4. The van der Waals surface area contributed by atoms with Crippen LogP contribution in [-0.2, 0) is 9.59 Å². The fraction of sp³-hybridized carbons (Fsp3) is 0.263. The van der Waals surface area contributed by atoms with Gasteiger partial charge in [0.2, 0.25) is 5.91 Å². The quantitative estimate of drug-likeness (QED) is 0.847. The zero-order chi connectivity index (χ0) is 19.8. The third kappa shape index (κ3) is 4.03. The van der Waals surface area contributed by atoms with E-state index in [1.54, 1.807) is 32.0 Å². The van der Waals surface area contributed by atoms with Crippen LogP contribution in [0.15, 0.2) is 36.4 Å². The highest BCUT2D eigenvalue weighted by Crippen LogP contribution is 2.39. The van der Waals surface area contributed by atoms with Crippen molar-refractivity contribution in [2.75, 3.05) is 16.8 Å². The second-order valence-electron chi connectivity index (χ2n) is 6.61. The maximum absolute atomic E-state index is 13.2.